The third kappa shape index (κ3) is 2.70. The van der Waals surface area contributed by atoms with E-state index in [9.17, 15) is 0 Å². The third-order valence-electron chi connectivity index (χ3n) is 2.69. The predicted molar refractivity (Wildman–Crippen MR) is 66.2 cm³/mol. The first-order chi connectivity index (χ1) is 9.28. The van der Waals surface area contributed by atoms with Crippen molar-refractivity contribution in [2.75, 3.05) is 7.11 Å². The van der Waals surface area contributed by atoms with Gasteiger partial charge in [0.2, 0.25) is 0 Å². The molecule has 6 heteroatoms. The van der Waals surface area contributed by atoms with Crippen molar-refractivity contribution in [1.29, 1.82) is 10.5 Å². The fraction of sp³-hybridized carbons (Fsp3) is 0.231. The molecule has 94 valence electrons. The van der Waals surface area contributed by atoms with Gasteiger partial charge < -0.3 is 4.74 Å². The molecule has 0 fully saturated rings. The highest BCUT2D eigenvalue weighted by Crippen LogP contribution is 2.16. The second-order valence-electron chi connectivity index (χ2n) is 3.84. The highest BCUT2D eigenvalue weighted by atomic mass is 16.5. The minimum atomic E-state index is 0.0835. The first-order valence-electron chi connectivity index (χ1n) is 5.61. The molecular weight excluding hydrogens is 242 g/mol. The van der Waals surface area contributed by atoms with E-state index in [4.69, 9.17) is 15.3 Å². The smallest absolute Gasteiger partial charge is 0.186 e. The SMILES string of the molecule is COc1ccc(Cc2c(C#N)nnn2CC#N)cc1. The van der Waals surface area contributed by atoms with Crippen LogP contribution < -0.4 is 4.74 Å². The number of hydrogen-bond donors (Lipinski definition) is 0. The van der Waals surface area contributed by atoms with Gasteiger partial charge in [-0.25, -0.2) is 4.68 Å². The van der Waals surface area contributed by atoms with Gasteiger partial charge in [0.1, 0.15) is 18.4 Å². The second-order valence-corrected chi connectivity index (χ2v) is 3.84. The lowest BCUT2D eigenvalue weighted by atomic mass is 10.1. The largest absolute Gasteiger partial charge is 0.497 e. The molecule has 0 bridgehead atoms. The molecule has 1 aromatic heterocycles. The van der Waals surface area contributed by atoms with Crippen molar-refractivity contribution in [1.82, 2.24) is 15.0 Å². The first kappa shape index (κ1) is 12.6. The molecule has 6 nitrogen and oxygen atoms in total. The minimum Gasteiger partial charge on any atom is -0.497 e. The molecule has 2 rings (SSSR count). The molecule has 0 N–H and O–H groups in total. The summed E-state index contributed by atoms with van der Waals surface area (Å²) in [5, 5.41) is 25.3. The predicted octanol–water partition coefficient (Wildman–Crippen LogP) is 1.27. The normalized spacial score (nSPS) is 9.63. The Morgan fingerprint density at radius 1 is 1.26 bits per heavy atom. The van der Waals surface area contributed by atoms with Crippen LogP contribution in [0.15, 0.2) is 24.3 Å². The standard InChI is InChI=1S/C13H11N5O/c1-19-11-4-2-10(3-5-11)8-13-12(9-15)16-17-18(13)7-6-14/h2-5H,7-8H2,1H3. The average Bonchev–Trinajstić information content (AvgIpc) is 2.82. The highest BCUT2D eigenvalue weighted by molar-refractivity contribution is 5.33. The van der Waals surface area contributed by atoms with Crippen LogP contribution in [0.3, 0.4) is 0 Å². The van der Waals surface area contributed by atoms with E-state index in [-0.39, 0.29) is 12.2 Å². The number of nitrogens with zero attached hydrogens (tertiary/aromatic N) is 5. The Labute approximate surface area is 110 Å². The van der Waals surface area contributed by atoms with Crippen molar-refractivity contribution >= 4 is 0 Å². The molecule has 0 aliphatic heterocycles. The minimum absolute atomic E-state index is 0.0835. The van der Waals surface area contributed by atoms with Gasteiger partial charge >= 0.3 is 0 Å². The van der Waals surface area contributed by atoms with Gasteiger partial charge in [0.25, 0.3) is 0 Å². The maximum absolute atomic E-state index is 8.99. The molecule has 0 aliphatic rings. The number of benzene rings is 1. The topological polar surface area (TPSA) is 87.5 Å². The fourth-order valence-corrected chi connectivity index (χ4v) is 1.73. The molecule has 0 radical (unpaired) electrons. The summed E-state index contributed by atoms with van der Waals surface area (Å²) in [7, 11) is 1.61. The molecule has 0 saturated heterocycles. The number of ether oxygens (including phenoxy) is 1. The summed E-state index contributed by atoms with van der Waals surface area (Å²) in [4.78, 5) is 0. The van der Waals surface area contributed by atoms with Crippen LogP contribution in [0.5, 0.6) is 5.75 Å². The first-order valence-corrected chi connectivity index (χ1v) is 5.61. The van der Waals surface area contributed by atoms with Crippen molar-refractivity contribution in [3.63, 3.8) is 0 Å². The summed E-state index contributed by atoms with van der Waals surface area (Å²) in [5.74, 6) is 0.771. The maximum atomic E-state index is 8.99. The lowest BCUT2D eigenvalue weighted by molar-refractivity contribution is 0.414. The molecule has 0 spiro atoms. The van der Waals surface area contributed by atoms with Gasteiger partial charge in [-0.1, -0.05) is 17.3 Å². The molecule has 1 aromatic carbocycles. The monoisotopic (exact) mass is 253 g/mol. The van der Waals surface area contributed by atoms with Gasteiger partial charge in [0.05, 0.1) is 18.9 Å². The van der Waals surface area contributed by atoms with E-state index in [1.165, 1.54) is 4.68 Å². The molecule has 0 unspecified atom stereocenters. The van der Waals surface area contributed by atoms with E-state index >= 15 is 0 Å². The summed E-state index contributed by atoms with van der Waals surface area (Å²) in [5.41, 5.74) is 1.90. The zero-order valence-electron chi connectivity index (χ0n) is 10.4. The van der Waals surface area contributed by atoms with Crippen LogP contribution in [0.25, 0.3) is 0 Å². The fourth-order valence-electron chi connectivity index (χ4n) is 1.73. The Morgan fingerprint density at radius 3 is 2.58 bits per heavy atom. The Hall–Kier alpha value is -2.86. The van der Waals surface area contributed by atoms with Crippen molar-refractivity contribution in [2.45, 2.75) is 13.0 Å². The summed E-state index contributed by atoms with van der Waals surface area (Å²) >= 11 is 0. The Balaban J connectivity index is 2.29. The molecule has 0 amide bonds. The van der Waals surface area contributed by atoms with Crippen molar-refractivity contribution in [3.05, 3.63) is 41.2 Å². The Kier molecular flexibility index (Phi) is 3.75. The van der Waals surface area contributed by atoms with E-state index in [0.29, 0.717) is 12.1 Å². The Morgan fingerprint density at radius 2 is 2.00 bits per heavy atom. The average molecular weight is 253 g/mol. The number of hydrogen-bond acceptors (Lipinski definition) is 5. The van der Waals surface area contributed by atoms with Crippen molar-refractivity contribution < 1.29 is 4.74 Å². The van der Waals surface area contributed by atoms with Crippen LogP contribution in [-0.4, -0.2) is 22.1 Å². The Bertz CT molecular complexity index is 645. The number of nitriles is 2. The van der Waals surface area contributed by atoms with E-state index in [1.54, 1.807) is 7.11 Å². The summed E-state index contributed by atoms with van der Waals surface area (Å²) in [6.07, 6.45) is 0.502. The molecule has 19 heavy (non-hydrogen) atoms. The van der Waals surface area contributed by atoms with E-state index in [0.717, 1.165) is 11.3 Å². The van der Waals surface area contributed by atoms with Gasteiger partial charge in [-0.15, -0.1) is 5.10 Å². The van der Waals surface area contributed by atoms with E-state index in [1.807, 2.05) is 36.4 Å². The van der Waals surface area contributed by atoms with Crippen LogP contribution in [0, 0.1) is 22.7 Å². The second kappa shape index (κ2) is 5.65. The van der Waals surface area contributed by atoms with E-state index < -0.39 is 0 Å². The molecule has 1 heterocycles. The van der Waals surface area contributed by atoms with Gasteiger partial charge in [0.15, 0.2) is 5.69 Å². The summed E-state index contributed by atoms with van der Waals surface area (Å²) in [6.45, 7) is 0.0835. The van der Waals surface area contributed by atoms with Gasteiger partial charge in [-0.3, -0.25) is 0 Å². The summed E-state index contributed by atoms with van der Waals surface area (Å²) in [6, 6.07) is 11.5. The lowest BCUT2D eigenvalue weighted by Crippen LogP contribution is -2.05. The van der Waals surface area contributed by atoms with Crippen LogP contribution in [0.2, 0.25) is 0 Å². The number of methoxy groups -OCH3 is 1. The van der Waals surface area contributed by atoms with Crippen LogP contribution in [-0.2, 0) is 13.0 Å². The quantitative estimate of drug-likeness (QED) is 0.818. The molecule has 0 aliphatic carbocycles. The van der Waals surface area contributed by atoms with Gasteiger partial charge in [-0.2, -0.15) is 10.5 Å². The van der Waals surface area contributed by atoms with Crippen molar-refractivity contribution in [2.24, 2.45) is 0 Å². The van der Waals surface area contributed by atoms with Crippen LogP contribution in [0.1, 0.15) is 17.0 Å². The zero-order valence-corrected chi connectivity index (χ0v) is 10.4. The zero-order chi connectivity index (χ0) is 13.7. The maximum Gasteiger partial charge on any atom is 0.186 e. The summed E-state index contributed by atoms with van der Waals surface area (Å²) < 4.78 is 6.53. The number of aromatic nitrogens is 3. The lowest BCUT2D eigenvalue weighted by Gasteiger charge is -2.04. The van der Waals surface area contributed by atoms with Crippen LogP contribution >= 0.6 is 0 Å². The molecular formula is C13H11N5O. The van der Waals surface area contributed by atoms with E-state index in [2.05, 4.69) is 10.3 Å². The van der Waals surface area contributed by atoms with Gasteiger partial charge in [0, 0.05) is 6.42 Å². The molecule has 2 aromatic rings. The number of rotatable bonds is 4. The third-order valence-corrected chi connectivity index (χ3v) is 2.69. The van der Waals surface area contributed by atoms with Crippen LogP contribution in [0.4, 0.5) is 0 Å². The van der Waals surface area contributed by atoms with Crippen molar-refractivity contribution in [3.8, 4) is 17.9 Å². The highest BCUT2D eigenvalue weighted by Gasteiger charge is 2.12. The molecule has 0 saturated carbocycles. The van der Waals surface area contributed by atoms with Gasteiger partial charge in [-0.05, 0) is 17.7 Å². The molecule has 0 atom stereocenters.